The fourth-order valence-electron chi connectivity index (χ4n) is 3.67. The minimum Gasteiger partial charge on any atom is -0.483 e. The van der Waals surface area contributed by atoms with Crippen LogP contribution in [0, 0.1) is 18.6 Å². The number of anilines is 1. The van der Waals surface area contributed by atoms with E-state index in [9.17, 15) is 18.4 Å². The van der Waals surface area contributed by atoms with Crippen LogP contribution in [0.2, 0.25) is 5.02 Å². The van der Waals surface area contributed by atoms with Gasteiger partial charge >= 0.3 is 0 Å². The summed E-state index contributed by atoms with van der Waals surface area (Å²) in [7, 11) is 0. The first kappa shape index (κ1) is 28.2. The molecule has 10 heteroatoms. The summed E-state index contributed by atoms with van der Waals surface area (Å²) in [6.07, 6.45) is 2.58. The molecule has 0 radical (unpaired) electrons. The fraction of sp³-hybridized carbons (Fsp3) is 0.138. The number of pyridine rings is 1. The van der Waals surface area contributed by atoms with E-state index >= 15 is 0 Å². The summed E-state index contributed by atoms with van der Waals surface area (Å²) in [4.78, 5) is 30.8. The number of aromatic nitrogens is 1. The highest BCUT2D eigenvalue weighted by atomic mass is 35.5. The molecule has 3 aromatic carbocycles. The third kappa shape index (κ3) is 8.10. The van der Waals surface area contributed by atoms with E-state index in [-0.39, 0.29) is 21.9 Å². The topological polar surface area (TPSA) is 80.3 Å². The van der Waals surface area contributed by atoms with Crippen LogP contribution in [-0.2, 0) is 11.2 Å². The van der Waals surface area contributed by atoms with Gasteiger partial charge in [0.15, 0.2) is 12.4 Å². The van der Waals surface area contributed by atoms with Gasteiger partial charge in [-0.3, -0.25) is 19.3 Å². The Labute approximate surface area is 233 Å². The average Bonchev–Trinajstić information content (AvgIpc) is 2.91. The van der Waals surface area contributed by atoms with Crippen LogP contribution in [0.1, 0.15) is 27.2 Å². The molecule has 0 aliphatic heterocycles. The predicted molar refractivity (Wildman–Crippen MR) is 148 cm³/mol. The van der Waals surface area contributed by atoms with Gasteiger partial charge in [0.05, 0.1) is 5.56 Å². The largest absolute Gasteiger partial charge is 0.483 e. The van der Waals surface area contributed by atoms with Crippen LogP contribution in [-0.4, -0.2) is 29.8 Å². The van der Waals surface area contributed by atoms with E-state index in [0.29, 0.717) is 11.8 Å². The van der Waals surface area contributed by atoms with Crippen molar-refractivity contribution in [1.82, 2.24) is 9.71 Å². The number of aryl methyl sites for hydroxylation is 1. The minimum absolute atomic E-state index is 0.0200. The number of hydrogen-bond acceptors (Lipinski definition) is 6. The number of hydrogen-bond donors (Lipinski definition) is 2. The first-order valence-electron chi connectivity index (χ1n) is 11.9. The van der Waals surface area contributed by atoms with Gasteiger partial charge in [-0.1, -0.05) is 17.7 Å². The molecule has 39 heavy (non-hydrogen) atoms. The molecule has 0 saturated carbocycles. The van der Waals surface area contributed by atoms with Crippen LogP contribution < -0.4 is 14.8 Å². The number of nitrogens with one attached hydrogen (secondary N) is 2. The van der Waals surface area contributed by atoms with Crippen molar-refractivity contribution in [3.63, 3.8) is 0 Å². The van der Waals surface area contributed by atoms with Crippen molar-refractivity contribution >= 4 is 40.9 Å². The zero-order valence-electron chi connectivity index (χ0n) is 20.8. The van der Waals surface area contributed by atoms with Gasteiger partial charge in [0, 0.05) is 52.1 Å². The van der Waals surface area contributed by atoms with Gasteiger partial charge in [0.1, 0.15) is 17.4 Å². The Bertz CT molecular complexity index is 1470. The van der Waals surface area contributed by atoms with E-state index in [2.05, 4.69) is 15.0 Å². The second kappa shape index (κ2) is 13.3. The molecule has 2 N–H and O–H groups in total. The van der Waals surface area contributed by atoms with Crippen LogP contribution >= 0.6 is 23.5 Å². The fourth-order valence-corrected chi connectivity index (χ4v) is 4.59. The number of benzene rings is 3. The first-order valence-corrected chi connectivity index (χ1v) is 13.1. The molecule has 4 aromatic rings. The molecule has 1 amide bonds. The molecule has 1 aromatic heterocycles. The van der Waals surface area contributed by atoms with Crippen molar-refractivity contribution < 1.29 is 23.1 Å². The molecule has 200 valence electrons. The Balaban J connectivity index is 1.33. The molecule has 0 spiro atoms. The molecule has 1 heterocycles. The lowest BCUT2D eigenvalue weighted by Gasteiger charge is -2.13. The van der Waals surface area contributed by atoms with Crippen molar-refractivity contribution in [3.8, 4) is 5.75 Å². The standard InChI is InChI=1S/C29H24ClF2N3O3S/c1-18-12-24(39-34-11-9-23-4-2-3-10-33-23)6-7-26(18)35-28(36)17-38-27-8-5-20(30)15-25(27)29(37)19-13-21(31)16-22(32)14-19/h2-8,10,12-16,34H,9,11,17H2,1H3,(H,35,36). The normalized spacial score (nSPS) is 10.8. The lowest BCUT2D eigenvalue weighted by atomic mass is 10.0. The molecular formula is C29H24ClF2N3O3S. The van der Waals surface area contributed by atoms with Gasteiger partial charge in [0.25, 0.3) is 5.91 Å². The molecule has 4 rings (SSSR count). The summed E-state index contributed by atoms with van der Waals surface area (Å²) in [6.45, 7) is 2.23. The van der Waals surface area contributed by atoms with Crippen molar-refractivity contribution in [3.05, 3.63) is 118 Å². The number of nitrogens with zero attached hydrogens (tertiary/aromatic N) is 1. The summed E-state index contributed by atoms with van der Waals surface area (Å²) in [6, 6.07) is 18.2. The average molecular weight is 568 g/mol. The van der Waals surface area contributed by atoms with Crippen molar-refractivity contribution in [2.75, 3.05) is 18.5 Å². The summed E-state index contributed by atoms with van der Waals surface area (Å²) < 4.78 is 36.2. The number of ether oxygens (including phenoxy) is 1. The molecule has 0 unspecified atom stereocenters. The Morgan fingerprint density at radius 3 is 2.51 bits per heavy atom. The number of carbonyl (C=O) groups is 2. The zero-order chi connectivity index (χ0) is 27.8. The first-order chi connectivity index (χ1) is 18.8. The monoisotopic (exact) mass is 567 g/mol. The van der Waals surface area contributed by atoms with Crippen molar-refractivity contribution in [2.45, 2.75) is 18.2 Å². The predicted octanol–water partition coefficient (Wildman–Crippen LogP) is 6.41. The highest BCUT2D eigenvalue weighted by molar-refractivity contribution is 7.97. The number of ketones is 1. The molecule has 0 aliphatic rings. The Kier molecular flexibility index (Phi) is 9.64. The molecular weight excluding hydrogens is 544 g/mol. The highest BCUT2D eigenvalue weighted by Gasteiger charge is 2.18. The summed E-state index contributed by atoms with van der Waals surface area (Å²) in [5.74, 6) is -2.85. The van der Waals surface area contributed by atoms with Crippen LogP contribution in [0.15, 0.2) is 83.9 Å². The van der Waals surface area contributed by atoms with Crippen LogP contribution in [0.25, 0.3) is 0 Å². The highest BCUT2D eigenvalue weighted by Crippen LogP contribution is 2.27. The second-order valence-electron chi connectivity index (χ2n) is 8.51. The maximum Gasteiger partial charge on any atom is 0.262 e. The van der Waals surface area contributed by atoms with E-state index in [1.807, 2.05) is 37.3 Å². The van der Waals surface area contributed by atoms with E-state index in [4.69, 9.17) is 16.3 Å². The molecule has 0 aliphatic carbocycles. The lowest BCUT2D eigenvalue weighted by Crippen LogP contribution is -2.21. The third-order valence-corrected chi connectivity index (χ3v) is 6.61. The van der Waals surface area contributed by atoms with Gasteiger partial charge in [-0.05, 0) is 85.1 Å². The van der Waals surface area contributed by atoms with Crippen molar-refractivity contribution in [1.29, 1.82) is 0 Å². The summed E-state index contributed by atoms with van der Waals surface area (Å²) >= 11 is 7.52. The van der Waals surface area contributed by atoms with Crippen LogP contribution in [0.4, 0.5) is 14.5 Å². The quantitative estimate of drug-likeness (QED) is 0.124. The molecule has 6 nitrogen and oxygen atoms in total. The minimum atomic E-state index is -0.887. The smallest absolute Gasteiger partial charge is 0.262 e. The van der Waals surface area contributed by atoms with Crippen LogP contribution in [0.5, 0.6) is 5.75 Å². The maximum absolute atomic E-state index is 13.6. The maximum atomic E-state index is 13.6. The van der Waals surface area contributed by atoms with Gasteiger partial charge in [-0.2, -0.15) is 0 Å². The van der Waals surface area contributed by atoms with Gasteiger partial charge in [-0.25, -0.2) is 8.78 Å². The number of halogens is 3. The molecule has 0 bridgehead atoms. The van der Waals surface area contributed by atoms with E-state index in [0.717, 1.165) is 41.3 Å². The number of rotatable bonds is 11. The third-order valence-electron chi connectivity index (χ3n) is 5.54. The lowest BCUT2D eigenvalue weighted by molar-refractivity contribution is -0.118. The Hall–Kier alpha value is -3.79. The van der Waals surface area contributed by atoms with Gasteiger partial charge < -0.3 is 10.1 Å². The molecule has 0 saturated heterocycles. The van der Waals surface area contributed by atoms with E-state index in [1.165, 1.54) is 30.1 Å². The van der Waals surface area contributed by atoms with Gasteiger partial charge in [0.2, 0.25) is 0 Å². The summed E-state index contributed by atoms with van der Waals surface area (Å²) in [5.41, 5.74) is 2.26. The Morgan fingerprint density at radius 1 is 1.00 bits per heavy atom. The van der Waals surface area contributed by atoms with E-state index < -0.39 is 29.9 Å². The Morgan fingerprint density at radius 2 is 1.79 bits per heavy atom. The van der Waals surface area contributed by atoms with E-state index in [1.54, 1.807) is 12.3 Å². The zero-order valence-corrected chi connectivity index (χ0v) is 22.4. The number of carbonyl (C=O) groups excluding carboxylic acids is 2. The van der Waals surface area contributed by atoms with Crippen molar-refractivity contribution in [2.24, 2.45) is 0 Å². The molecule has 0 atom stereocenters. The second-order valence-corrected chi connectivity index (χ2v) is 9.91. The SMILES string of the molecule is Cc1cc(SNCCc2ccccn2)ccc1NC(=O)COc1ccc(Cl)cc1C(=O)c1cc(F)cc(F)c1. The summed E-state index contributed by atoms with van der Waals surface area (Å²) in [5, 5.41) is 3.02. The number of amides is 1. The van der Waals surface area contributed by atoms with Crippen LogP contribution in [0.3, 0.4) is 0 Å². The van der Waals surface area contributed by atoms with Gasteiger partial charge in [-0.15, -0.1) is 0 Å². The molecule has 0 fully saturated rings.